The van der Waals surface area contributed by atoms with Crippen molar-refractivity contribution in [3.8, 4) is 0 Å². The second-order valence-corrected chi connectivity index (χ2v) is 9.85. The van der Waals surface area contributed by atoms with Gasteiger partial charge >= 0.3 is 11.9 Å². The molecule has 2 fully saturated rings. The Morgan fingerprint density at radius 2 is 0.784 bits per heavy atom. The summed E-state index contributed by atoms with van der Waals surface area (Å²) in [6, 6.07) is 38.4. The van der Waals surface area contributed by atoms with E-state index < -0.39 is 34.6 Å². The maximum absolute atomic E-state index is 15.3. The van der Waals surface area contributed by atoms with Crippen molar-refractivity contribution < 1.29 is 19.1 Å². The molecule has 2 bridgehead atoms. The Bertz CT molecular complexity index is 1470. The number of hydrogen-bond donors (Lipinski definition) is 0. The fourth-order valence-corrected chi connectivity index (χ4v) is 7.14. The van der Waals surface area contributed by atoms with Crippen LogP contribution in [0.4, 0.5) is 0 Å². The predicted molar refractivity (Wildman–Crippen MR) is 139 cm³/mol. The SMILES string of the molecule is O=C1OC(=O)[C@H]2[C@H]1[C@@]1(c3ccccc3)C(=O)[C@@]2(c2ccccc2)C(c2ccccc2)=C1c1ccccc1. The zero-order valence-electron chi connectivity index (χ0n) is 19.8. The molecule has 4 aromatic carbocycles. The minimum absolute atomic E-state index is 0.143. The van der Waals surface area contributed by atoms with Gasteiger partial charge in [0.25, 0.3) is 0 Å². The molecule has 0 N–H and O–H groups in total. The standard InChI is InChI=1S/C33H22O4/c34-29-27-28(30(35)37-29)33(24-19-11-4-12-20-24)26(22-15-7-2-8-16-22)25(21-13-5-1-6-14-21)32(27,31(33)36)23-17-9-3-10-18-23/h1-20,27-28H/t27-,28-,32+,33+/m1/s1. The van der Waals surface area contributed by atoms with Crippen molar-refractivity contribution in [1.29, 1.82) is 0 Å². The molecule has 0 spiro atoms. The van der Waals surface area contributed by atoms with Gasteiger partial charge in [-0.1, -0.05) is 121 Å². The summed E-state index contributed by atoms with van der Waals surface area (Å²) in [5.74, 6) is -3.33. The van der Waals surface area contributed by atoms with Crippen molar-refractivity contribution in [2.45, 2.75) is 10.8 Å². The van der Waals surface area contributed by atoms with Crippen LogP contribution in [-0.2, 0) is 30.0 Å². The Labute approximate surface area is 214 Å². The predicted octanol–water partition coefficient (Wildman–Crippen LogP) is 5.39. The van der Waals surface area contributed by atoms with E-state index in [1.54, 1.807) is 0 Å². The summed E-state index contributed by atoms with van der Waals surface area (Å²) < 4.78 is 5.36. The molecule has 1 saturated heterocycles. The first kappa shape index (κ1) is 21.7. The highest BCUT2D eigenvalue weighted by Gasteiger charge is 2.82. The molecule has 4 atom stereocenters. The molecule has 3 aliphatic rings. The van der Waals surface area contributed by atoms with Gasteiger partial charge in [0.1, 0.15) is 0 Å². The topological polar surface area (TPSA) is 60.4 Å². The molecule has 178 valence electrons. The summed E-state index contributed by atoms with van der Waals surface area (Å²) in [7, 11) is 0. The first-order valence-corrected chi connectivity index (χ1v) is 12.4. The average Bonchev–Trinajstić information content (AvgIpc) is 3.49. The van der Waals surface area contributed by atoms with Crippen LogP contribution in [0.25, 0.3) is 11.1 Å². The molecule has 1 heterocycles. The van der Waals surface area contributed by atoms with Crippen LogP contribution in [0.1, 0.15) is 22.3 Å². The van der Waals surface area contributed by atoms with Crippen LogP contribution in [0, 0.1) is 11.8 Å². The lowest BCUT2D eigenvalue weighted by atomic mass is 9.59. The van der Waals surface area contributed by atoms with Gasteiger partial charge in [0.2, 0.25) is 0 Å². The van der Waals surface area contributed by atoms with Crippen molar-refractivity contribution in [2.24, 2.45) is 11.8 Å². The van der Waals surface area contributed by atoms with E-state index in [0.29, 0.717) is 11.1 Å². The quantitative estimate of drug-likeness (QED) is 0.289. The second kappa shape index (κ2) is 7.71. The van der Waals surface area contributed by atoms with Gasteiger partial charge in [-0.25, -0.2) is 0 Å². The maximum atomic E-state index is 15.3. The maximum Gasteiger partial charge on any atom is 0.319 e. The molecule has 4 nitrogen and oxygen atoms in total. The minimum atomic E-state index is -1.38. The Kier molecular flexibility index (Phi) is 4.52. The first-order chi connectivity index (χ1) is 18.1. The lowest BCUT2D eigenvalue weighted by Crippen LogP contribution is -2.41. The summed E-state index contributed by atoms with van der Waals surface area (Å²) >= 11 is 0. The van der Waals surface area contributed by atoms with Crippen LogP contribution < -0.4 is 0 Å². The first-order valence-electron chi connectivity index (χ1n) is 12.4. The number of allylic oxidation sites excluding steroid dienone is 2. The smallest absolute Gasteiger partial charge is 0.319 e. The third-order valence-electron chi connectivity index (χ3n) is 8.31. The van der Waals surface area contributed by atoms with Crippen molar-refractivity contribution in [2.75, 3.05) is 0 Å². The largest absolute Gasteiger partial charge is 0.393 e. The van der Waals surface area contributed by atoms with E-state index in [4.69, 9.17) is 4.74 Å². The summed E-state index contributed by atoms with van der Waals surface area (Å²) in [5.41, 5.74) is 1.88. The molecular formula is C33H22O4. The van der Waals surface area contributed by atoms with Crippen LogP contribution in [-0.4, -0.2) is 17.7 Å². The zero-order chi connectivity index (χ0) is 25.2. The number of fused-ring (bicyclic) bond motifs is 5. The van der Waals surface area contributed by atoms with Gasteiger partial charge in [0.15, 0.2) is 5.78 Å². The number of hydrogen-bond acceptors (Lipinski definition) is 4. The number of rotatable bonds is 4. The lowest BCUT2D eigenvalue weighted by Gasteiger charge is -2.38. The molecule has 1 saturated carbocycles. The van der Waals surface area contributed by atoms with Crippen molar-refractivity contribution >= 4 is 28.9 Å². The third kappa shape index (κ3) is 2.54. The van der Waals surface area contributed by atoms with Gasteiger partial charge in [0.05, 0.1) is 22.7 Å². The fraction of sp³-hybridized carbons (Fsp3) is 0.121. The normalized spacial score (nSPS) is 27.9. The van der Waals surface area contributed by atoms with Gasteiger partial charge in [-0.2, -0.15) is 0 Å². The molecule has 37 heavy (non-hydrogen) atoms. The van der Waals surface area contributed by atoms with Crippen LogP contribution in [0.15, 0.2) is 121 Å². The summed E-state index contributed by atoms with van der Waals surface area (Å²) in [4.78, 5) is 42.4. The van der Waals surface area contributed by atoms with Crippen molar-refractivity contribution in [3.05, 3.63) is 144 Å². The number of carbonyl (C=O) groups is 3. The van der Waals surface area contributed by atoms with E-state index in [0.717, 1.165) is 22.3 Å². The Hall–Kier alpha value is -4.57. The number of benzene rings is 4. The molecular weight excluding hydrogens is 460 g/mol. The summed E-state index contributed by atoms with van der Waals surface area (Å²) in [6.07, 6.45) is 0. The lowest BCUT2D eigenvalue weighted by molar-refractivity contribution is -0.156. The van der Waals surface area contributed by atoms with Gasteiger partial charge < -0.3 is 4.74 Å². The van der Waals surface area contributed by atoms with E-state index >= 15 is 4.79 Å². The Balaban J connectivity index is 1.73. The molecule has 7 rings (SSSR count). The average molecular weight is 483 g/mol. The zero-order valence-corrected chi connectivity index (χ0v) is 19.8. The molecule has 4 heteroatoms. The van der Waals surface area contributed by atoms with Crippen LogP contribution in [0.2, 0.25) is 0 Å². The van der Waals surface area contributed by atoms with Crippen molar-refractivity contribution in [3.63, 3.8) is 0 Å². The number of carbonyl (C=O) groups excluding carboxylic acids is 3. The van der Waals surface area contributed by atoms with Crippen molar-refractivity contribution in [1.82, 2.24) is 0 Å². The third-order valence-corrected chi connectivity index (χ3v) is 8.31. The molecule has 0 amide bonds. The molecule has 0 unspecified atom stereocenters. The van der Waals surface area contributed by atoms with Gasteiger partial charge in [-0.3, -0.25) is 14.4 Å². The van der Waals surface area contributed by atoms with Gasteiger partial charge in [0, 0.05) is 0 Å². The van der Waals surface area contributed by atoms with E-state index in [2.05, 4.69) is 0 Å². The summed E-state index contributed by atoms with van der Waals surface area (Å²) in [5, 5.41) is 0. The number of ketones is 1. The number of esters is 2. The number of ether oxygens (including phenoxy) is 1. The molecule has 0 aromatic heterocycles. The van der Waals surface area contributed by atoms with Crippen LogP contribution >= 0.6 is 0 Å². The monoisotopic (exact) mass is 482 g/mol. The van der Waals surface area contributed by atoms with E-state index in [-0.39, 0.29) is 5.78 Å². The molecule has 4 aromatic rings. The van der Waals surface area contributed by atoms with Crippen LogP contribution in [0.5, 0.6) is 0 Å². The van der Waals surface area contributed by atoms with E-state index in [1.165, 1.54) is 0 Å². The fourth-order valence-electron chi connectivity index (χ4n) is 7.14. The highest BCUT2D eigenvalue weighted by Crippen LogP contribution is 2.74. The number of cyclic esters (lactones) is 2. The highest BCUT2D eigenvalue weighted by atomic mass is 16.6. The minimum Gasteiger partial charge on any atom is -0.393 e. The molecule has 2 aliphatic carbocycles. The van der Waals surface area contributed by atoms with Gasteiger partial charge in [-0.15, -0.1) is 0 Å². The Morgan fingerprint density at radius 3 is 1.14 bits per heavy atom. The highest BCUT2D eigenvalue weighted by molar-refractivity contribution is 6.34. The Morgan fingerprint density at radius 1 is 0.459 bits per heavy atom. The molecule has 1 aliphatic heterocycles. The van der Waals surface area contributed by atoms with Crippen LogP contribution in [0.3, 0.4) is 0 Å². The molecule has 0 radical (unpaired) electrons. The van der Waals surface area contributed by atoms with E-state index in [9.17, 15) is 9.59 Å². The number of Topliss-reactive ketones (excluding diaryl/α,β-unsaturated/α-hetero) is 1. The van der Waals surface area contributed by atoms with E-state index in [1.807, 2.05) is 121 Å². The van der Waals surface area contributed by atoms with Gasteiger partial charge in [-0.05, 0) is 33.4 Å². The second-order valence-electron chi connectivity index (χ2n) is 9.85. The summed E-state index contributed by atoms with van der Waals surface area (Å²) in [6.45, 7) is 0.